The molecule has 1 saturated heterocycles. The fourth-order valence-corrected chi connectivity index (χ4v) is 7.48. The number of nitrogens with one attached hydrogen (secondary N) is 2. The second kappa shape index (κ2) is 11.3. The molecule has 7 nitrogen and oxygen atoms in total. The number of Topliss-reactive ketones (excluding diaryl/α,β-unsaturated/α-hetero) is 1. The molecule has 1 aliphatic heterocycles. The molecule has 0 spiro atoms. The molecule has 1 aliphatic carbocycles. The zero-order valence-electron chi connectivity index (χ0n) is 23.8. The first kappa shape index (κ1) is 27.6. The van der Waals surface area contributed by atoms with Crippen molar-refractivity contribution < 1.29 is 4.79 Å². The number of piperidine rings is 1. The zero-order chi connectivity index (χ0) is 27.7. The summed E-state index contributed by atoms with van der Waals surface area (Å²) >= 11 is 1.82. The molecule has 2 aliphatic rings. The molecule has 3 aromatic rings. The van der Waals surface area contributed by atoms with Crippen molar-refractivity contribution in [2.24, 2.45) is 11.3 Å². The highest BCUT2D eigenvalue weighted by molar-refractivity contribution is 7.12. The molecule has 1 fully saturated rings. The molecule has 8 heteroatoms. The van der Waals surface area contributed by atoms with E-state index in [2.05, 4.69) is 84.4 Å². The molecule has 1 radical (unpaired) electrons. The Hall–Kier alpha value is -2.94. The third-order valence-electron chi connectivity index (χ3n) is 8.33. The first-order valence-electron chi connectivity index (χ1n) is 14.0. The fourth-order valence-electron chi connectivity index (χ4n) is 6.13. The predicted octanol–water partition coefficient (Wildman–Crippen LogP) is 5.99. The van der Waals surface area contributed by atoms with Crippen molar-refractivity contribution in [1.29, 1.82) is 0 Å². The van der Waals surface area contributed by atoms with Crippen molar-refractivity contribution >= 4 is 28.5 Å². The average molecular weight is 546 g/mol. The van der Waals surface area contributed by atoms with Gasteiger partial charge in [-0.1, -0.05) is 26.0 Å². The third kappa shape index (κ3) is 5.55. The highest BCUT2D eigenvalue weighted by Gasteiger charge is 2.43. The van der Waals surface area contributed by atoms with Crippen LogP contribution >= 0.6 is 11.3 Å². The van der Waals surface area contributed by atoms with E-state index in [1.807, 2.05) is 36.1 Å². The molecule has 39 heavy (non-hydrogen) atoms. The Morgan fingerprint density at radius 3 is 2.77 bits per heavy atom. The zero-order valence-corrected chi connectivity index (χ0v) is 24.6. The van der Waals surface area contributed by atoms with E-state index in [1.54, 1.807) is 0 Å². The van der Waals surface area contributed by atoms with Crippen LogP contribution in [0, 0.1) is 25.7 Å². The molecule has 0 bridgehead atoms. The maximum Gasteiger partial charge on any atom is 0.165 e. The van der Waals surface area contributed by atoms with Crippen molar-refractivity contribution in [2.75, 3.05) is 30.4 Å². The second-order valence-corrected chi connectivity index (χ2v) is 12.7. The number of nitrogens with zero attached hydrogens (tertiary/aromatic N) is 3. The van der Waals surface area contributed by atoms with Crippen LogP contribution < -0.4 is 16.6 Å². The first-order chi connectivity index (χ1) is 18.7. The number of hydrogen-bond donors (Lipinski definition) is 3. The van der Waals surface area contributed by atoms with Crippen molar-refractivity contribution in [1.82, 2.24) is 14.7 Å². The first-order valence-corrected chi connectivity index (χ1v) is 14.8. The molecule has 4 N–H and O–H groups in total. The van der Waals surface area contributed by atoms with Crippen molar-refractivity contribution in [3.63, 3.8) is 0 Å². The van der Waals surface area contributed by atoms with Crippen molar-refractivity contribution in [2.45, 2.75) is 66.0 Å². The highest BCUT2D eigenvalue weighted by Crippen LogP contribution is 2.49. The summed E-state index contributed by atoms with van der Waals surface area (Å²) in [7, 11) is 0. The largest absolute Gasteiger partial charge is 0.384 e. The minimum Gasteiger partial charge on any atom is -0.384 e. The number of rotatable bonds is 11. The summed E-state index contributed by atoms with van der Waals surface area (Å²) in [6, 6.07) is 9.04. The lowest BCUT2D eigenvalue weighted by Gasteiger charge is -2.34. The van der Waals surface area contributed by atoms with Crippen LogP contribution in [-0.2, 0) is 11.3 Å². The van der Waals surface area contributed by atoms with E-state index in [4.69, 9.17) is 5.84 Å². The molecular formula is C31H41N6OS. The van der Waals surface area contributed by atoms with Gasteiger partial charge in [0.25, 0.3) is 0 Å². The summed E-state index contributed by atoms with van der Waals surface area (Å²) in [5.41, 5.74) is 8.53. The number of carbonyl (C=O) groups is 1. The van der Waals surface area contributed by atoms with Gasteiger partial charge < -0.3 is 10.7 Å². The molecule has 5 rings (SSSR count). The van der Waals surface area contributed by atoms with E-state index < -0.39 is 5.41 Å². The Balaban J connectivity index is 1.49. The smallest absolute Gasteiger partial charge is 0.165 e. The fraction of sp³-hybridized carbons (Fsp3) is 0.452. The van der Waals surface area contributed by atoms with Gasteiger partial charge in [0.05, 0.1) is 17.4 Å². The van der Waals surface area contributed by atoms with Crippen molar-refractivity contribution in [3.8, 4) is 0 Å². The van der Waals surface area contributed by atoms with Gasteiger partial charge in [-0.25, -0.2) is 0 Å². The molecule has 0 unspecified atom stereocenters. The summed E-state index contributed by atoms with van der Waals surface area (Å²) in [5.74, 6) is 6.11. The van der Waals surface area contributed by atoms with Gasteiger partial charge in [-0.2, -0.15) is 5.10 Å². The Labute approximate surface area is 236 Å². The number of hydrazine groups is 1. The Kier molecular flexibility index (Phi) is 7.99. The number of anilines is 2. The number of aromatic nitrogens is 2. The van der Waals surface area contributed by atoms with Gasteiger partial charge >= 0.3 is 0 Å². The number of hydrogen-bond acceptors (Lipinski definition) is 7. The second-order valence-electron chi connectivity index (χ2n) is 11.4. The summed E-state index contributed by atoms with van der Waals surface area (Å²) in [6.07, 6.45) is 10.1. The molecule has 0 amide bonds. The lowest BCUT2D eigenvalue weighted by atomic mass is 9.69. The minimum atomic E-state index is -0.625. The van der Waals surface area contributed by atoms with Crippen LogP contribution in [0.4, 0.5) is 11.4 Å². The number of carbonyl (C=O) groups excluding carboxylic acids is 1. The van der Waals surface area contributed by atoms with Crippen LogP contribution in [-0.4, -0.2) is 40.1 Å². The van der Waals surface area contributed by atoms with E-state index in [0.29, 0.717) is 6.04 Å². The molecular weight excluding hydrogens is 504 g/mol. The maximum atomic E-state index is 13.6. The molecule has 2 aromatic heterocycles. The molecule has 207 valence electrons. The number of aryl methyl sites for hydroxylation is 1. The van der Waals surface area contributed by atoms with E-state index >= 15 is 0 Å². The normalized spacial score (nSPS) is 18.5. The Morgan fingerprint density at radius 2 is 2.10 bits per heavy atom. The lowest BCUT2D eigenvalue weighted by Crippen LogP contribution is -2.36. The molecule has 1 aromatic carbocycles. The van der Waals surface area contributed by atoms with Gasteiger partial charge in [-0.05, 0) is 75.0 Å². The van der Waals surface area contributed by atoms with E-state index in [-0.39, 0.29) is 11.7 Å². The van der Waals surface area contributed by atoms with E-state index in [1.165, 1.54) is 21.7 Å². The predicted molar refractivity (Wildman–Crippen MR) is 161 cm³/mol. The summed E-state index contributed by atoms with van der Waals surface area (Å²) < 4.78 is 2.11. The number of nitrogens with two attached hydrogens (primary N) is 1. The van der Waals surface area contributed by atoms with Crippen LogP contribution in [0.2, 0.25) is 0 Å². The average Bonchev–Trinajstić information content (AvgIpc) is 3.49. The van der Waals surface area contributed by atoms with Crippen LogP contribution in [0.25, 0.3) is 0 Å². The van der Waals surface area contributed by atoms with E-state index in [9.17, 15) is 4.79 Å². The maximum absolute atomic E-state index is 13.6. The summed E-state index contributed by atoms with van der Waals surface area (Å²) in [6.45, 7) is 14.4. The number of thiophene rings is 1. The van der Waals surface area contributed by atoms with Crippen LogP contribution in [0.5, 0.6) is 0 Å². The number of nitrogen functional groups attached to an aromatic ring is 1. The number of allylic oxidation sites excluding steroid dienone is 2. The quantitative estimate of drug-likeness (QED) is 0.203. The standard InChI is InChI=1S/C31H41N6OS/c1-6-33-26-13-12-25(20(2)29(26)35-32)28(31(4,5)30(38)22-10-11-22)27-17-23(21(3)39-27)18-36-15-7-9-24(19-36)37-16-8-14-34-37/h8,10-14,16-17,24,28,33,35H,6-7,9,15,18-19,32H2,1-5H3/t24-,28+/m0/s1. The van der Waals surface area contributed by atoms with Crippen molar-refractivity contribution in [3.05, 3.63) is 81.2 Å². The topological polar surface area (TPSA) is 88.2 Å². The van der Waals surface area contributed by atoms with E-state index in [0.717, 1.165) is 60.7 Å². The Bertz CT molecular complexity index is 1360. The number of benzene rings is 1. The lowest BCUT2D eigenvalue weighted by molar-refractivity contribution is -0.123. The third-order valence-corrected chi connectivity index (χ3v) is 9.49. The number of likely N-dealkylation sites (tertiary alicyclic amines) is 1. The molecule has 0 saturated carbocycles. The van der Waals surface area contributed by atoms with Gasteiger partial charge in [0.15, 0.2) is 5.78 Å². The highest BCUT2D eigenvalue weighted by atomic mass is 32.1. The van der Waals surface area contributed by atoms with Gasteiger partial charge in [-0.3, -0.25) is 20.2 Å². The van der Waals surface area contributed by atoms with Gasteiger partial charge in [0, 0.05) is 65.1 Å². The van der Waals surface area contributed by atoms with Gasteiger partial charge in [0.1, 0.15) is 0 Å². The van der Waals surface area contributed by atoms with Crippen LogP contribution in [0.3, 0.4) is 0 Å². The van der Waals surface area contributed by atoms with Gasteiger partial charge in [-0.15, -0.1) is 11.3 Å². The summed E-state index contributed by atoms with van der Waals surface area (Å²) in [4.78, 5) is 18.7. The summed E-state index contributed by atoms with van der Waals surface area (Å²) in [5, 5.41) is 7.90. The number of ketones is 1. The van der Waals surface area contributed by atoms with Crippen LogP contribution in [0.15, 0.2) is 48.3 Å². The molecule has 2 atom stereocenters. The monoisotopic (exact) mass is 545 g/mol. The minimum absolute atomic E-state index is 0.0988. The van der Waals surface area contributed by atoms with Crippen LogP contribution in [0.1, 0.15) is 72.0 Å². The van der Waals surface area contributed by atoms with Gasteiger partial charge in [0.2, 0.25) is 0 Å². The molecule has 3 heterocycles. The Morgan fingerprint density at radius 1 is 1.31 bits per heavy atom. The SMILES string of the molecule is CCNc1ccc([C@H](c2cc(CN3CCC[C@H](n4cccn4)C3)c(C)s2)C(C)(C)C(=O)C2=C[CH]2)c(C)c1NN.